The highest BCUT2D eigenvalue weighted by atomic mass is 28.3. The Morgan fingerprint density at radius 3 is 1.15 bits per heavy atom. The van der Waals surface area contributed by atoms with Gasteiger partial charge in [0.15, 0.2) is 0 Å². The third-order valence-corrected chi connectivity index (χ3v) is 14.3. The van der Waals surface area contributed by atoms with E-state index in [4.69, 9.17) is 0 Å². The number of hydrogen-bond acceptors (Lipinski definition) is 2. The van der Waals surface area contributed by atoms with Crippen LogP contribution >= 0.6 is 0 Å². The van der Waals surface area contributed by atoms with Gasteiger partial charge in [0, 0.05) is 34.1 Å². The van der Waals surface area contributed by atoms with Crippen LogP contribution < -0.4 is 15.0 Å². The minimum absolute atomic E-state index is 0.0723. The lowest BCUT2D eigenvalue weighted by molar-refractivity contribution is 0.590. The molecule has 2 nitrogen and oxygen atoms in total. The maximum Gasteiger partial charge on any atom is 0.0775 e. The molecular weight excluding hydrogens is 765 g/mol. The van der Waals surface area contributed by atoms with Crippen molar-refractivity contribution in [3.63, 3.8) is 0 Å². The molecule has 0 amide bonds. The normalized spacial score (nSPS) is 11.9. The first kappa shape index (κ1) is 40.7. The predicted molar refractivity (Wildman–Crippen MR) is 273 cm³/mol. The minimum Gasteiger partial charge on any atom is -0.310 e. The number of anilines is 6. The number of para-hydroxylation sites is 2. The summed E-state index contributed by atoms with van der Waals surface area (Å²) in [4.78, 5) is 4.78. The Morgan fingerprint density at radius 2 is 0.742 bits per heavy atom. The van der Waals surface area contributed by atoms with E-state index in [0.717, 1.165) is 34.1 Å². The quantitative estimate of drug-likeness (QED) is 0.106. The van der Waals surface area contributed by atoms with Gasteiger partial charge in [0.2, 0.25) is 0 Å². The molecule has 0 aliphatic rings. The van der Waals surface area contributed by atoms with Crippen LogP contribution in [-0.4, -0.2) is 8.07 Å². The SMILES string of the molecule is Cc1ccc2c(-c3cccc(N(c4ccccc4)c4ccc([Si](C)(C)C)cc4)c3)c3cc(C)ccc3c(-c3cccc(N(c4ccccc4)c4ccc(C(C)(C)C)cc4)c3)c2c1. The standard InChI is InChI=1S/C59H56N2Si/c1-41-26-36-54-55(37-41)57(43-17-15-23-50(39-43)60(46-19-11-9-12-20-46)48-29-27-45(28-30-48)59(3,4)5)53-35-25-42(2)38-56(53)58(54)44-18-16-24-51(40-44)61(47-21-13-10-14-22-47)49-31-33-52(34-32-49)62(6,7)8/h9-40H,1-8H3. The van der Waals surface area contributed by atoms with Crippen LogP contribution in [0.4, 0.5) is 34.1 Å². The fourth-order valence-electron chi connectivity index (χ4n) is 8.95. The van der Waals surface area contributed by atoms with Crippen LogP contribution in [0.5, 0.6) is 0 Å². The number of hydrogen-bond donors (Lipinski definition) is 0. The van der Waals surface area contributed by atoms with Crippen LogP contribution in [0.15, 0.2) is 194 Å². The number of rotatable bonds is 9. The molecule has 0 atom stereocenters. The second-order valence-electron chi connectivity index (χ2n) is 18.9. The molecule has 9 aromatic carbocycles. The van der Waals surface area contributed by atoms with Crippen LogP contribution in [0.1, 0.15) is 37.5 Å². The number of fused-ring (bicyclic) bond motifs is 2. The fraction of sp³-hybridized carbons (Fsp3) is 0.153. The molecule has 0 unspecified atom stereocenters. The van der Waals surface area contributed by atoms with Crippen molar-refractivity contribution in [1.82, 2.24) is 0 Å². The highest BCUT2D eigenvalue weighted by Crippen LogP contribution is 2.47. The third-order valence-electron chi connectivity index (χ3n) is 12.2. The highest BCUT2D eigenvalue weighted by molar-refractivity contribution is 6.88. The van der Waals surface area contributed by atoms with Crippen LogP contribution in [0, 0.1) is 13.8 Å². The lowest BCUT2D eigenvalue weighted by atomic mass is 9.84. The van der Waals surface area contributed by atoms with Gasteiger partial charge < -0.3 is 9.80 Å². The molecule has 0 fully saturated rings. The van der Waals surface area contributed by atoms with Gasteiger partial charge in [-0.3, -0.25) is 0 Å². The van der Waals surface area contributed by atoms with E-state index in [1.807, 2.05) is 0 Å². The summed E-state index contributed by atoms with van der Waals surface area (Å²) in [6.45, 7) is 18.5. The van der Waals surface area contributed by atoms with Crippen molar-refractivity contribution in [3.8, 4) is 22.3 Å². The van der Waals surface area contributed by atoms with Gasteiger partial charge in [0.05, 0.1) is 8.07 Å². The van der Waals surface area contributed by atoms with E-state index in [1.165, 1.54) is 65.7 Å². The first-order valence-electron chi connectivity index (χ1n) is 21.9. The zero-order chi connectivity index (χ0) is 43.2. The van der Waals surface area contributed by atoms with Crippen molar-refractivity contribution >= 4 is 68.9 Å². The van der Waals surface area contributed by atoms with E-state index in [0.29, 0.717) is 0 Å². The molecule has 306 valence electrons. The molecule has 9 rings (SSSR count). The van der Waals surface area contributed by atoms with Gasteiger partial charge in [0.25, 0.3) is 0 Å². The largest absolute Gasteiger partial charge is 0.310 e. The van der Waals surface area contributed by atoms with E-state index in [1.54, 1.807) is 0 Å². The van der Waals surface area contributed by atoms with E-state index in [-0.39, 0.29) is 5.41 Å². The van der Waals surface area contributed by atoms with E-state index < -0.39 is 8.07 Å². The minimum atomic E-state index is -1.46. The van der Waals surface area contributed by atoms with E-state index >= 15 is 0 Å². The van der Waals surface area contributed by atoms with Crippen molar-refractivity contribution in [2.45, 2.75) is 59.7 Å². The second kappa shape index (κ2) is 16.3. The van der Waals surface area contributed by atoms with Crippen molar-refractivity contribution in [2.75, 3.05) is 9.80 Å². The molecule has 62 heavy (non-hydrogen) atoms. The summed E-state index contributed by atoms with van der Waals surface area (Å²) >= 11 is 0. The molecule has 0 spiro atoms. The van der Waals surface area contributed by atoms with Gasteiger partial charge in [-0.15, -0.1) is 0 Å². The molecule has 0 bridgehead atoms. The Kier molecular flexibility index (Phi) is 10.7. The van der Waals surface area contributed by atoms with Gasteiger partial charge in [0.1, 0.15) is 0 Å². The molecule has 0 N–H and O–H groups in total. The highest BCUT2D eigenvalue weighted by Gasteiger charge is 2.22. The topological polar surface area (TPSA) is 6.48 Å². The maximum absolute atomic E-state index is 2.41. The molecule has 0 aromatic heterocycles. The summed E-state index contributed by atoms with van der Waals surface area (Å²) < 4.78 is 0. The third kappa shape index (κ3) is 7.97. The Hall–Kier alpha value is -6.68. The maximum atomic E-state index is 2.41. The molecule has 9 aromatic rings. The average Bonchev–Trinajstić information content (AvgIpc) is 3.26. The Balaban J connectivity index is 1.24. The first-order valence-corrected chi connectivity index (χ1v) is 25.4. The smallest absolute Gasteiger partial charge is 0.0775 e. The summed E-state index contributed by atoms with van der Waals surface area (Å²) in [5, 5.41) is 6.45. The molecule has 0 radical (unpaired) electrons. The van der Waals surface area contributed by atoms with Gasteiger partial charge >= 0.3 is 0 Å². The molecule has 0 saturated carbocycles. The van der Waals surface area contributed by atoms with Crippen LogP contribution in [0.3, 0.4) is 0 Å². The average molecular weight is 821 g/mol. The zero-order valence-corrected chi connectivity index (χ0v) is 38.4. The lowest BCUT2D eigenvalue weighted by Gasteiger charge is -2.28. The van der Waals surface area contributed by atoms with Crippen molar-refractivity contribution in [2.24, 2.45) is 0 Å². The van der Waals surface area contributed by atoms with Crippen LogP contribution in [0.2, 0.25) is 19.6 Å². The zero-order valence-electron chi connectivity index (χ0n) is 37.4. The summed E-state index contributed by atoms with van der Waals surface area (Å²) in [7, 11) is -1.46. The van der Waals surface area contributed by atoms with Crippen molar-refractivity contribution in [3.05, 3.63) is 211 Å². The van der Waals surface area contributed by atoms with Gasteiger partial charge in [-0.25, -0.2) is 0 Å². The Morgan fingerprint density at radius 1 is 0.355 bits per heavy atom. The number of aryl methyl sites for hydroxylation is 2. The molecule has 3 heteroatoms. The van der Waals surface area contributed by atoms with Gasteiger partial charge in [-0.2, -0.15) is 0 Å². The van der Waals surface area contributed by atoms with E-state index in [9.17, 15) is 0 Å². The summed E-state index contributed by atoms with van der Waals surface area (Å²) in [6, 6.07) is 72.1. The molecule has 0 heterocycles. The summed E-state index contributed by atoms with van der Waals surface area (Å²) in [5.74, 6) is 0. The predicted octanol–water partition coefficient (Wildman–Crippen LogP) is 16.7. The molecule has 0 aliphatic carbocycles. The summed E-state index contributed by atoms with van der Waals surface area (Å²) in [6.07, 6.45) is 0. The van der Waals surface area contributed by atoms with Gasteiger partial charge in [-0.05, 0) is 141 Å². The second-order valence-corrected chi connectivity index (χ2v) is 24.0. The first-order chi connectivity index (χ1) is 29.8. The van der Waals surface area contributed by atoms with Crippen LogP contribution in [-0.2, 0) is 5.41 Å². The van der Waals surface area contributed by atoms with Crippen molar-refractivity contribution < 1.29 is 0 Å². The fourth-order valence-corrected chi connectivity index (χ4v) is 10.1. The monoisotopic (exact) mass is 820 g/mol. The van der Waals surface area contributed by atoms with E-state index in [2.05, 4.69) is 258 Å². The Labute approximate surface area is 369 Å². The van der Waals surface area contributed by atoms with Crippen molar-refractivity contribution in [1.29, 1.82) is 0 Å². The van der Waals surface area contributed by atoms with Crippen LogP contribution in [0.25, 0.3) is 43.8 Å². The number of benzene rings is 9. The molecular formula is C59H56N2Si. The Bertz CT molecular complexity index is 2820. The summed E-state index contributed by atoms with van der Waals surface area (Å²) in [5.41, 5.74) is 15.6. The van der Waals surface area contributed by atoms with Gasteiger partial charge in [-0.1, -0.05) is 178 Å². The number of nitrogens with zero attached hydrogens (tertiary/aromatic N) is 2. The molecule has 0 aliphatic heterocycles. The molecule has 0 saturated heterocycles. The lowest BCUT2D eigenvalue weighted by Crippen LogP contribution is -2.37.